The number of pyridine rings is 1. The predicted octanol–water partition coefficient (Wildman–Crippen LogP) is 3.77. The lowest BCUT2D eigenvalue weighted by atomic mass is 9.87. The molecule has 0 atom stereocenters. The minimum Gasteiger partial charge on any atom is -0.493 e. The van der Waals surface area contributed by atoms with Crippen molar-refractivity contribution in [3.05, 3.63) is 69.5 Å². The summed E-state index contributed by atoms with van der Waals surface area (Å²) in [6.07, 6.45) is 0. The molecule has 0 aliphatic rings. The summed E-state index contributed by atoms with van der Waals surface area (Å²) < 4.78 is 10.6. The molecule has 0 aliphatic carbocycles. The number of H-pyrrole nitrogens is 1. The number of hydrogen-bond donors (Lipinski definition) is 2. The van der Waals surface area contributed by atoms with Crippen LogP contribution in [0.2, 0.25) is 0 Å². The van der Waals surface area contributed by atoms with E-state index in [9.17, 15) is 9.59 Å². The average Bonchev–Trinajstić information content (AvgIpc) is 2.70. The van der Waals surface area contributed by atoms with Crippen molar-refractivity contribution in [3.63, 3.8) is 0 Å². The number of ether oxygens (including phenoxy) is 2. The van der Waals surface area contributed by atoms with E-state index >= 15 is 0 Å². The Morgan fingerprint density at radius 2 is 1.62 bits per heavy atom. The molecule has 1 heterocycles. The Bertz CT molecular complexity index is 1090. The number of carbonyl (C=O) groups is 1. The maximum Gasteiger partial charge on any atom is 0.253 e. The summed E-state index contributed by atoms with van der Waals surface area (Å²) in [4.78, 5) is 27.7. The number of aromatic nitrogens is 1. The van der Waals surface area contributed by atoms with Gasteiger partial charge >= 0.3 is 0 Å². The minimum atomic E-state index is -0.256. The van der Waals surface area contributed by atoms with E-state index in [2.05, 4.69) is 31.1 Å². The van der Waals surface area contributed by atoms with Crippen LogP contribution in [0.3, 0.4) is 0 Å². The molecule has 3 rings (SSSR count). The van der Waals surface area contributed by atoms with Crippen molar-refractivity contribution in [1.29, 1.82) is 0 Å². The highest BCUT2D eigenvalue weighted by atomic mass is 16.5. The van der Waals surface area contributed by atoms with Gasteiger partial charge in [0.05, 0.1) is 19.7 Å². The number of hydrogen-bond acceptors (Lipinski definition) is 4. The van der Waals surface area contributed by atoms with Gasteiger partial charge in [-0.05, 0) is 35.2 Å². The SMILES string of the molecule is COc1cc2cc(CNC(=O)c3ccc(C(C)(C)C)cc3)c(=O)[nH]c2cc1OC. The first-order valence-electron chi connectivity index (χ1n) is 9.39. The zero-order valence-corrected chi connectivity index (χ0v) is 17.4. The van der Waals surface area contributed by atoms with Crippen LogP contribution in [-0.2, 0) is 12.0 Å². The zero-order chi connectivity index (χ0) is 21.2. The number of amides is 1. The van der Waals surface area contributed by atoms with E-state index in [-0.39, 0.29) is 23.4 Å². The quantitative estimate of drug-likeness (QED) is 0.690. The fraction of sp³-hybridized carbons (Fsp3) is 0.304. The second-order valence-electron chi connectivity index (χ2n) is 7.93. The standard InChI is InChI=1S/C23H26N2O4/c1-23(2,3)17-8-6-14(7-9-17)21(26)24-13-16-10-15-11-19(28-4)20(29-5)12-18(15)25-22(16)27/h6-12H,13H2,1-5H3,(H,24,26)(H,25,27). The van der Waals surface area contributed by atoms with Crippen LogP contribution in [0, 0.1) is 0 Å². The summed E-state index contributed by atoms with van der Waals surface area (Å²) in [5.41, 5.74) is 2.58. The van der Waals surface area contributed by atoms with Gasteiger partial charge in [0.2, 0.25) is 0 Å². The fourth-order valence-electron chi connectivity index (χ4n) is 3.11. The minimum absolute atomic E-state index is 0.0249. The number of rotatable bonds is 5. The number of carbonyl (C=O) groups excluding carboxylic acids is 1. The third-order valence-corrected chi connectivity index (χ3v) is 4.88. The highest BCUT2D eigenvalue weighted by Crippen LogP contribution is 2.31. The molecule has 0 saturated heterocycles. The molecule has 0 unspecified atom stereocenters. The van der Waals surface area contributed by atoms with E-state index in [1.54, 1.807) is 44.6 Å². The van der Waals surface area contributed by atoms with E-state index in [4.69, 9.17) is 9.47 Å². The van der Waals surface area contributed by atoms with Crippen LogP contribution in [0.1, 0.15) is 42.3 Å². The molecule has 0 bridgehead atoms. The first kappa shape index (κ1) is 20.5. The molecule has 152 valence electrons. The Hall–Kier alpha value is -3.28. The van der Waals surface area contributed by atoms with E-state index in [1.807, 2.05) is 12.1 Å². The normalized spacial score (nSPS) is 11.3. The van der Waals surface area contributed by atoms with Crippen LogP contribution in [0.15, 0.2) is 47.3 Å². The van der Waals surface area contributed by atoms with Crippen molar-refractivity contribution in [2.45, 2.75) is 32.7 Å². The lowest BCUT2D eigenvalue weighted by molar-refractivity contribution is 0.0950. The maximum absolute atomic E-state index is 12.5. The van der Waals surface area contributed by atoms with E-state index in [0.29, 0.717) is 28.1 Å². The Kier molecular flexibility index (Phi) is 5.64. The molecule has 29 heavy (non-hydrogen) atoms. The molecular weight excluding hydrogens is 368 g/mol. The van der Waals surface area contributed by atoms with E-state index in [0.717, 1.165) is 10.9 Å². The van der Waals surface area contributed by atoms with Gasteiger partial charge in [-0.15, -0.1) is 0 Å². The molecular formula is C23H26N2O4. The van der Waals surface area contributed by atoms with Gasteiger partial charge in [-0.3, -0.25) is 9.59 Å². The Morgan fingerprint density at radius 1 is 1.00 bits per heavy atom. The molecule has 0 spiro atoms. The van der Waals surface area contributed by atoms with E-state index in [1.165, 1.54) is 0 Å². The molecule has 3 aromatic rings. The molecule has 6 heteroatoms. The molecule has 6 nitrogen and oxygen atoms in total. The van der Waals surface area contributed by atoms with Crippen LogP contribution >= 0.6 is 0 Å². The number of aromatic amines is 1. The monoisotopic (exact) mass is 394 g/mol. The van der Waals surface area contributed by atoms with Crippen LogP contribution in [-0.4, -0.2) is 25.1 Å². The van der Waals surface area contributed by atoms with Gasteiger partial charge in [-0.1, -0.05) is 32.9 Å². The molecule has 2 aromatic carbocycles. The van der Waals surface area contributed by atoms with Gasteiger partial charge in [0.1, 0.15) is 0 Å². The van der Waals surface area contributed by atoms with Gasteiger partial charge in [-0.25, -0.2) is 0 Å². The average molecular weight is 394 g/mol. The van der Waals surface area contributed by atoms with Crippen molar-refractivity contribution in [1.82, 2.24) is 10.3 Å². The number of fused-ring (bicyclic) bond motifs is 1. The lowest BCUT2D eigenvalue weighted by Crippen LogP contribution is -2.26. The topological polar surface area (TPSA) is 80.4 Å². The van der Waals surface area contributed by atoms with Gasteiger partial charge in [-0.2, -0.15) is 0 Å². The van der Waals surface area contributed by atoms with Gasteiger partial charge in [0, 0.05) is 29.1 Å². The lowest BCUT2D eigenvalue weighted by Gasteiger charge is -2.19. The summed E-state index contributed by atoms with van der Waals surface area (Å²) in [5, 5.41) is 3.61. The van der Waals surface area contributed by atoms with Gasteiger partial charge < -0.3 is 19.8 Å². The summed E-state index contributed by atoms with van der Waals surface area (Å²) >= 11 is 0. The third kappa shape index (κ3) is 4.42. The Morgan fingerprint density at radius 3 is 2.21 bits per heavy atom. The third-order valence-electron chi connectivity index (χ3n) is 4.88. The molecule has 2 N–H and O–H groups in total. The zero-order valence-electron chi connectivity index (χ0n) is 17.4. The maximum atomic E-state index is 12.5. The van der Waals surface area contributed by atoms with Crippen molar-refractivity contribution >= 4 is 16.8 Å². The second kappa shape index (κ2) is 7.99. The summed E-state index contributed by atoms with van der Waals surface area (Å²) in [7, 11) is 3.10. The molecule has 1 aromatic heterocycles. The van der Waals surface area contributed by atoms with Crippen LogP contribution in [0.4, 0.5) is 0 Å². The Balaban J connectivity index is 1.80. The molecule has 0 saturated carbocycles. The Labute approximate surface area is 169 Å². The number of benzene rings is 2. The first-order valence-corrected chi connectivity index (χ1v) is 9.39. The highest BCUT2D eigenvalue weighted by Gasteiger charge is 2.15. The van der Waals surface area contributed by atoms with Crippen LogP contribution in [0.5, 0.6) is 11.5 Å². The first-order chi connectivity index (χ1) is 13.7. The summed E-state index contributed by atoms with van der Waals surface area (Å²) in [6.45, 7) is 6.50. The summed E-state index contributed by atoms with van der Waals surface area (Å²) in [6, 6.07) is 12.8. The van der Waals surface area contributed by atoms with Gasteiger partial charge in [0.15, 0.2) is 11.5 Å². The molecule has 0 aliphatic heterocycles. The summed E-state index contributed by atoms with van der Waals surface area (Å²) in [5.74, 6) is 0.883. The number of nitrogens with one attached hydrogen (secondary N) is 2. The smallest absolute Gasteiger partial charge is 0.253 e. The highest BCUT2D eigenvalue weighted by molar-refractivity contribution is 5.94. The van der Waals surface area contributed by atoms with Gasteiger partial charge in [0.25, 0.3) is 11.5 Å². The second-order valence-corrected chi connectivity index (χ2v) is 7.93. The number of methoxy groups -OCH3 is 2. The largest absolute Gasteiger partial charge is 0.493 e. The van der Waals surface area contributed by atoms with Crippen molar-refractivity contribution in [3.8, 4) is 11.5 Å². The molecule has 0 fully saturated rings. The van der Waals surface area contributed by atoms with Crippen molar-refractivity contribution in [2.75, 3.05) is 14.2 Å². The van der Waals surface area contributed by atoms with Crippen molar-refractivity contribution in [2.24, 2.45) is 0 Å². The van der Waals surface area contributed by atoms with Crippen LogP contribution < -0.4 is 20.3 Å². The van der Waals surface area contributed by atoms with Crippen LogP contribution in [0.25, 0.3) is 10.9 Å². The predicted molar refractivity (Wildman–Crippen MR) is 114 cm³/mol. The van der Waals surface area contributed by atoms with E-state index < -0.39 is 0 Å². The fourth-order valence-corrected chi connectivity index (χ4v) is 3.11. The molecule has 0 radical (unpaired) electrons. The molecule has 1 amide bonds. The van der Waals surface area contributed by atoms with Crippen molar-refractivity contribution < 1.29 is 14.3 Å².